The maximum atomic E-state index is 12.0. The summed E-state index contributed by atoms with van der Waals surface area (Å²) in [4.78, 5) is 16.2. The van der Waals surface area contributed by atoms with Crippen molar-refractivity contribution in [2.45, 2.75) is 25.9 Å². The summed E-state index contributed by atoms with van der Waals surface area (Å²) in [5, 5.41) is 3.20. The number of hydrogen-bond donors (Lipinski definition) is 1. The summed E-state index contributed by atoms with van der Waals surface area (Å²) >= 11 is 3.26. The van der Waals surface area contributed by atoms with Gasteiger partial charge < -0.3 is 0 Å². The molecule has 15 heavy (non-hydrogen) atoms. The Morgan fingerprint density at radius 3 is 3.07 bits per heavy atom. The molecule has 1 aromatic rings. The number of fused-ring (bicyclic) bond motifs is 1. The highest BCUT2D eigenvalue weighted by atomic mass is 79.9. The number of hydrogen-bond acceptors (Lipinski definition) is 3. The molecular formula is C10H12BrN3O. The molecular weight excluding hydrogens is 258 g/mol. The smallest absolute Gasteiger partial charge is 0.258 e. The molecule has 0 aromatic carbocycles. The van der Waals surface area contributed by atoms with Gasteiger partial charge in [-0.25, -0.2) is 8.91 Å². The number of halogens is 1. The van der Waals surface area contributed by atoms with Crippen LogP contribution in [0.5, 0.6) is 0 Å². The van der Waals surface area contributed by atoms with E-state index in [4.69, 9.17) is 0 Å². The van der Waals surface area contributed by atoms with E-state index in [0.29, 0.717) is 12.4 Å². The van der Waals surface area contributed by atoms with Gasteiger partial charge in [-0.05, 0) is 19.9 Å². The zero-order chi connectivity index (χ0) is 11.1. The zero-order valence-electron chi connectivity index (χ0n) is 8.62. The van der Waals surface area contributed by atoms with Crippen molar-refractivity contribution >= 4 is 27.9 Å². The van der Waals surface area contributed by atoms with Crippen molar-refractivity contribution in [3.63, 3.8) is 0 Å². The number of carbonyl (C=O) groups excluding carboxylic acids is 1. The van der Waals surface area contributed by atoms with Gasteiger partial charge in [0.15, 0.2) is 0 Å². The molecule has 0 spiro atoms. The number of nitrogens with one attached hydrogen (secondary N) is 1. The van der Waals surface area contributed by atoms with E-state index in [1.165, 1.54) is 3.93 Å². The minimum atomic E-state index is -0.579. The van der Waals surface area contributed by atoms with Crippen LogP contribution in [0.4, 0.5) is 5.82 Å². The SMILES string of the molecule is CC1(C)NCc2cccnc2N(Br)C1=O. The van der Waals surface area contributed by atoms with Crippen molar-refractivity contribution in [2.75, 3.05) is 3.93 Å². The maximum absolute atomic E-state index is 12.0. The Bertz CT molecular complexity index is 405. The van der Waals surface area contributed by atoms with Crippen LogP contribution in [0, 0.1) is 0 Å². The Labute approximate surface area is 97.0 Å². The lowest BCUT2D eigenvalue weighted by molar-refractivity contribution is -0.122. The van der Waals surface area contributed by atoms with Gasteiger partial charge in [0.2, 0.25) is 0 Å². The molecule has 0 aliphatic carbocycles. The molecule has 0 atom stereocenters. The highest BCUT2D eigenvalue weighted by Crippen LogP contribution is 2.27. The van der Waals surface area contributed by atoms with Gasteiger partial charge in [0.1, 0.15) is 5.82 Å². The lowest BCUT2D eigenvalue weighted by atomic mass is 10.1. The Morgan fingerprint density at radius 2 is 2.33 bits per heavy atom. The summed E-state index contributed by atoms with van der Waals surface area (Å²) in [7, 11) is 0. The van der Waals surface area contributed by atoms with Crippen LogP contribution in [0.3, 0.4) is 0 Å². The summed E-state index contributed by atoms with van der Waals surface area (Å²) in [6.45, 7) is 4.36. The van der Waals surface area contributed by atoms with E-state index in [-0.39, 0.29) is 5.91 Å². The largest absolute Gasteiger partial charge is 0.299 e. The number of carbonyl (C=O) groups is 1. The van der Waals surface area contributed by atoms with Crippen LogP contribution in [0.1, 0.15) is 19.4 Å². The maximum Gasteiger partial charge on any atom is 0.258 e. The van der Waals surface area contributed by atoms with Gasteiger partial charge in [-0.2, -0.15) is 0 Å². The van der Waals surface area contributed by atoms with E-state index < -0.39 is 5.54 Å². The number of pyridine rings is 1. The molecule has 4 nitrogen and oxygen atoms in total. The van der Waals surface area contributed by atoms with Gasteiger partial charge in [-0.15, -0.1) is 0 Å². The highest BCUT2D eigenvalue weighted by molar-refractivity contribution is 9.10. The lowest BCUT2D eigenvalue weighted by Crippen LogP contribution is -2.49. The van der Waals surface area contributed by atoms with Crippen molar-refractivity contribution < 1.29 is 4.79 Å². The van der Waals surface area contributed by atoms with Crippen LogP contribution in [0.25, 0.3) is 0 Å². The van der Waals surface area contributed by atoms with Crippen LogP contribution in [-0.4, -0.2) is 16.4 Å². The fourth-order valence-corrected chi connectivity index (χ4v) is 2.24. The Morgan fingerprint density at radius 1 is 1.60 bits per heavy atom. The third-order valence-electron chi connectivity index (χ3n) is 2.49. The van der Waals surface area contributed by atoms with Crippen LogP contribution >= 0.6 is 16.1 Å². The quantitative estimate of drug-likeness (QED) is 0.728. The van der Waals surface area contributed by atoms with Gasteiger partial charge >= 0.3 is 0 Å². The predicted molar refractivity (Wildman–Crippen MR) is 61.6 cm³/mol. The van der Waals surface area contributed by atoms with E-state index in [1.807, 2.05) is 26.0 Å². The molecule has 2 heterocycles. The summed E-state index contributed by atoms with van der Waals surface area (Å²) in [6, 6.07) is 3.82. The van der Waals surface area contributed by atoms with Gasteiger partial charge in [0, 0.05) is 18.3 Å². The zero-order valence-corrected chi connectivity index (χ0v) is 10.2. The first-order valence-electron chi connectivity index (χ1n) is 4.71. The molecule has 5 heteroatoms. The third-order valence-corrected chi connectivity index (χ3v) is 3.15. The summed E-state index contributed by atoms with van der Waals surface area (Å²) < 4.78 is 1.43. The first-order chi connectivity index (χ1) is 7.02. The van der Waals surface area contributed by atoms with Crippen molar-refractivity contribution in [3.05, 3.63) is 23.9 Å². The number of anilines is 1. The summed E-state index contributed by atoms with van der Waals surface area (Å²) in [6.07, 6.45) is 1.68. The first kappa shape index (κ1) is 10.6. The topological polar surface area (TPSA) is 45.2 Å². The fourth-order valence-electron chi connectivity index (χ4n) is 1.48. The molecule has 1 amide bonds. The van der Waals surface area contributed by atoms with Gasteiger partial charge in [0.05, 0.1) is 21.7 Å². The molecule has 1 aliphatic heterocycles. The number of aromatic nitrogens is 1. The third kappa shape index (κ3) is 1.77. The second kappa shape index (κ2) is 3.57. The molecule has 1 aliphatic rings. The molecule has 0 saturated carbocycles. The number of rotatable bonds is 0. The van der Waals surface area contributed by atoms with Gasteiger partial charge in [-0.3, -0.25) is 10.1 Å². The Kier molecular flexibility index (Phi) is 2.52. The van der Waals surface area contributed by atoms with Crippen LogP contribution in [0.15, 0.2) is 18.3 Å². The van der Waals surface area contributed by atoms with E-state index in [1.54, 1.807) is 6.20 Å². The fraction of sp³-hybridized carbons (Fsp3) is 0.400. The minimum absolute atomic E-state index is 0.0417. The lowest BCUT2D eigenvalue weighted by Gasteiger charge is -2.24. The van der Waals surface area contributed by atoms with Crippen LogP contribution in [0.2, 0.25) is 0 Å². The molecule has 0 saturated heterocycles. The second-order valence-electron chi connectivity index (χ2n) is 4.05. The van der Waals surface area contributed by atoms with E-state index in [9.17, 15) is 4.79 Å². The number of nitrogens with zero attached hydrogens (tertiary/aromatic N) is 2. The van der Waals surface area contributed by atoms with Gasteiger partial charge in [-0.1, -0.05) is 6.07 Å². The first-order valence-corrected chi connectivity index (χ1v) is 5.42. The van der Waals surface area contributed by atoms with E-state index >= 15 is 0 Å². The number of amides is 1. The molecule has 80 valence electrons. The van der Waals surface area contributed by atoms with Crippen molar-refractivity contribution in [3.8, 4) is 0 Å². The van der Waals surface area contributed by atoms with E-state index in [2.05, 4.69) is 26.4 Å². The minimum Gasteiger partial charge on any atom is -0.299 e. The molecule has 1 N–H and O–H groups in total. The summed E-state index contributed by atoms with van der Waals surface area (Å²) in [5.74, 6) is 0.625. The van der Waals surface area contributed by atoms with Crippen molar-refractivity contribution in [1.29, 1.82) is 0 Å². The van der Waals surface area contributed by atoms with Crippen molar-refractivity contribution in [1.82, 2.24) is 10.3 Å². The molecule has 1 aromatic heterocycles. The predicted octanol–water partition coefficient (Wildman–Crippen LogP) is 1.61. The van der Waals surface area contributed by atoms with Gasteiger partial charge in [0.25, 0.3) is 5.91 Å². The Hall–Kier alpha value is -0.940. The average molecular weight is 270 g/mol. The second-order valence-corrected chi connectivity index (χ2v) is 4.76. The summed E-state index contributed by atoms with van der Waals surface area (Å²) in [5.41, 5.74) is 0.429. The Balaban J connectivity index is 2.48. The standard InChI is InChI=1S/C10H12BrN3O/c1-10(2)9(15)14(11)8-7(6-13-10)4-3-5-12-8/h3-5,13H,6H2,1-2H3. The monoisotopic (exact) mass is 269 g/mol. The van der Waals surface area contributed by atoms with Crippen LogP contribution < -0.4 is 9.24 Å². The van der Waals surface area contributed by atoms with Crippen LogP contribution in [-0.2, 0) is 11.3 Å². The molecule has 0 bridgehead atoms. The molecule has 0 radical (unpaired) electrons. The molecule has 0 unspecified atom stereocenters. The van der Waals surface area contributed by atoms with E-state index in [0.717, 1.165) is 5.56 Å². The normalized spacial score (nSPS) is 19.7. The van der Waals surface area contributed by atoms with Crippen molar-refractivity contribution in [2.24, 2.45) is 0 Å². The molecule has 2 rings (SSSR count). The highest BCUT2D eigenvalue weighted by Gasteiger charge is 2.35. The molecule has 0 fully saturated rings. The average Bonchev–Trinajstić information content (AvgIpc) is 2.31.